The summed E-state index contributed by atoms with van der Waals surface area (Å²) in [7, 11) is 0.603. The Hall–Kier alpha value is -2.84. The SMILES string of the molecule is CCc1cccc([C@H]2CC[C@H](Oc3ccc(S(=O)(=O)Cc4ccncn4)c(C)n3)[C@@H](N(C)C)C2)c1. The molecule has 0 bridgehead atoms. The van der Waals surface area contributed by atoms with E-state index in [1.165, 1.54) is 23.7 Å². The number of likely N-dealkylation sites (N-methyl/N-ethyl adjacent to an activating group) is 1. The number of rotatable bonds is 8. The molecular formula is C27H34N4O3S. The summed E-state index contributed by atoms with van der Waals surface area (Å²) >= 11 is 0. The van der Waals surface area contributed by atoms with Gasteiger partial charge >= 0.3 is 0 Å². The summed E-state index contributed by atoms with van der Waals surface area (Å²) in [6, 6.07) is 14.0. The van der Waals surface area contributed by atoms with E-state index in [4.69, 9.17) is 4.74 Å². The van der Waals surface area contributed by atoms with Crippen molar-refractivity contribution >= 4 is 9.84 Å². The number of pyridine rings is 1. The molecule has 2 heterocycles. The summed E-state index contributed by atoms with van der Waals surface area (Å²) in [5.74, 6) is 0.772. The van der Waals surface area contributed by atoms with Crippen LogP contribution in [-0.2, 0) is 22.0 Å². The quantitative estimate of drug-likeness (QED) is 0.460. The van der Waals surface area contributed by atoms with Crippen LogP contribution in [0.25, 0.3) is 0 Å². The molecule has 1 aromatic carbocycles. The lowest BCUT2D eigenvalue weighted by molar-refractivity contribution is 0.0512. The number of aryl methyl sites for hydroxylation is 2. The van der Waals surface area contributed by atoms with E-state index in [0.717, 1.165) is 25.7 Å². The summed E-state index contributed by atoms with van der Waals surface area (Å²) in [6.07, 6.45) is 6.89. The van der Waals surface area contributed by atoms with Crippen LogP contribution in [0.15, 0.2) is 59.9 Å². The standard InChI is InChI=1S/C27H34N4O3S/c1-5-20-7-6-8-21(15-20)22-9-10-25(24(16-22)31(3)4)34-27-12-11-26(19(2)30-27)35(32,33)17-23-13-14-28-18-29-23/h6-8,11-15,18,22,24-25H,5,9-10,16-17H2,1-4H3/t22-,24-,25-/m0/s1. The molecular weight excluding hydrogens is 460 g/mol. The number of hydrogen-bond donors (Lipinski definition) is 0. The Bertz CT molecular complexity index is 1250. The molecule has 2 aromatic heterocycles. The summed E-state index contributed by atoms with van der Waals surface area (Å²) in [4.78, 5) is 14.8. The zero-order chi connectivity index (χ0) is 25.0. The minimum atomic E-state index is -3.58. The van der Waals surface area contributed by atoms with Crippen molar-refractivity contribution in [1.29, 1.82) is 0 Å². The maximum atomic E-state index is 12.9. The highest BCUT2D eigenvalue weighted by molar-refractivity contribution is 7.90. The average molecular weight is 495 g/mol. The highest BCUT2D eigenvalue weighted by atomic mass is 32.2. The second-order valence-electron chi connectivity index (χ2n) is 9.49. The van der Waals surface area contributed by atoms with Gasteiger partial charge in [0.15, 0.2) is 9.84 Å². The van der Waals surface area contributed by atoms with Gasteiger partial charge in [-0.05, 0) is 75.9 Å². The van der Waals surface area contributed by atoms with Crippen molar-refractivity contribution < 1.29 is 13.2 Å². The van der Waals surface area contributed by atoms with Crippen LogP contribution in [0.1, 0.15) is 54.6 Å². The van der Waals surface area contributed by atoms with Gasteiger partial charge < -0.3 is 9.64 Å². The van der Waals surface area contributed by atoms with Crippen LogP contribution in [-0.4, -0.2) is 54.5 Å². The minimum absolute atomic E-state index is 0.00835. The molecule has 0 aliphatic heterocycles. The number of ether oxygens (including phenoxy) is 1. The third kappa shape index (κ3) is 6.05. The summed E-state index contributed by atoms with van der Waals surface area (Å²) in [5.41, 5.74) is 3.66. The second kappa shape index (κ2) is 10.8. The number of aromatic nitrogens is 3. The monoisotopic (exact) mass is 494 g/mol. The van der Waals surface area contributed by atoms with Crippen molar-refractivity contribution in [3.8, 4) is 5.88 Å². The Balaban J connectivity index is 1.48. The zero-order valence-electron chi connectivity index (χ0n) is 20.9. The summed E-state index contributed by atoms with van der Waals surface area (Å²) in [5, 5.41) is 0. The fourth-order valence-corrected chi connectivity index (χ4v) is 6.41. The van der Waals surface area contributed by atoms with Gasteiger partial charge in [0.05, 0.1) is 22.0 Å². The van der Waals surface area contributed by atoms with E-state index in [1.54, 1.807) is 25.1 Å². The van der Waals surface area contributed by atoms with Gasteiger partial charge in [0.25, 0.3) is 0 Å². The van der Waals surface area contributed by atoms with E-state index in [-0.39, 0.29) is 22.8 Å². The van der Waals surface area contributed by atoms with Crippen LogP contribution in [0.5, 0.6) is 5.88 Å². The molecule has 0 saturated heterocycles. The molecule has 7 nitrogen and oxygen atoms in total. The van der Waals surface area contributed by atoms with E-state index in [9.17, 15) is 8.42 Å². The lowest BCUT2D eigenvalue weighted by atomic mass is 9.79. The van der Waals surface area contributed by atoms with E-state index < -0.39 is 9.84 Å². The van der Waals surface area contributed by atoms with Crippen molar-refractivity contribution in [2.45, 2.75) is 68.2 Å². The van der Waals surface area contributed by atoms with Crippen LogP contribution < -0.4 is 4.74 Å². The number of benzene rings is 1. The highest BCUT2D eigenvalue weighted by Crippen LogP contribution is 2.37. The Labute approximate surface area is 208 Å². The Morgan fingerprint density at radius 3 is 2.63 bits per heavy atom. The van der Waals surface area contributed by atoms with Crippen molar-refractivity contribution in [3.05, 3.63) is 77.5 Å². The molecule has 186 valence electrons. The first-order valence-corrected chi connectivity index (χ1v) is 13.8. The normalized spacial score (nSPS) is 20.7. The first kappa shape index (κ1) is 25.3. The smallest absolute Gasteiger partial charge is 0.213 e. The molecule has 0 spiro atoms. The molecule has 0 N–H and O–H groups in total. The van der Waals surface area contributed by atoms with Crippen LogP contribution in [0, 0.1) is 6.92 Å². The van der Waals surface area contributed by atoms with Gasteiger partial charge in [0, 0.05) is 18.3 Å². The van der Waals surface area contributed by atoms with Gasteiger partial charge in [0.2, 0.25) is 5.88 Å². The lowest BCUT2D eigenvalue weighted by Gasteiger charge is -2.39. The van der Waals surface area contributed by atoms with Crippen molar-refractivity contribution in [1.82, 2.24) is 19.9 Å². The second-order valence-corrected chi connectivity index (χ2v) is 11.4. The van der Waals surface area contributed by atoms with Crippen LogP contribution >= 0.6 is 0 Å². The first-order valence-electron chi connectivity index (χ1n) is 12.1. The average Bonchev–Trinajstić information content (AvgIpc) is 2.84. The third-order valence-corrected chi connectivity index (χ3v) is 8.63. The van der Waals surface area contributed by atoms with Crippen molar-refractivity contribution in [2.75, 3.05) is 14.1 Å². The van der Waals surface area contributed by atoms with Crippen LogP contribution in [0.4, 0.5) is 0 Å². The van der Waals surface area contributed by atoms with Gasteiger partial charge in [-0.1, -0.05) is 31.2 Å². The summed E-state index contributed by atoms with van der Waals surface area (Å²) in [6.45, 7) is 3.90. The van der Waals surface area contributed by atoms with Crippen molar-refractivity contribution in [3.63, 3.8) is 0 Å². The van der Waals surface area contributed by atoms with E-state index >= 15 is 0 Å². The van der Waals surface area contributed by atoms with Crippen molar-refractivity contribution in [2.24, 2.45) is 0 Å². The zero-order valence-corrected chi connectivity index (χ0v) is 21.7. The fraction of sp³-hybridized carbons (Fsp3) is 0.444. The maximum Gasteiger partial charge on any atom is 0.213 e. The van der Waals surface area contributed by atoms with Crippen LogP contribution in [0.3, 0.4) is 0 Å². The summed E-state index contributed by atoms with van der Waals surface area (Å²) < 4.78 is 32.2. The molecule has 1 fully saturated rings. The highest BCUT2D eigenvalue weighted by Gasteiger charge is 2.34. The predicted octanol–water partition coefficient (Wildman–Crippen LogP) is 4.36. The largest absolute Gasteiger partial charge is 0.473 e. The minimum Gasteiger partial charge on any atom is -0.473 e. The molecule has 4 rings (SSSR count). The van der Waals surface area contributed by atoms with E-state index in [0.29, 0.717) is 23.2 Å². The Kier molecular flexibility index (Phi) is 7.82. The van der Waals surface area contributed by atoms with Gasteiger partial charge in [-0.15, -0.1) is 0 Å². The fourth-order valence-electron chi connectivity index (χ4n) is 4.92. The lowest BCUT2D eigenvalue weighted by Crippen LogP contribution is -2.46. The van der Waals surface area contributed by atoms with Gasteiger partial charge in [-0.25, -0.2) is 23.4 Å². The maximum absolute atomic E-state index is 12.9. The molecule has 1 saturated carbocycles. The third-order valence-electron chi connectivity index (χ3n) is 6.85. The van der Waals surface area contributed by atoms with Gasteiger partial charge in [-0.3, -0.25) is 0 Å². The van der Waals surface area contributed by atoms with E-state index in [1.807, 2.05) is 0 Å². The molecule has 3 aromatic rings. The van der Waals surface area contributed by atoms with Gasteiger partial charge in [0.1, 0.15) is 12.4 Å². The number of nitrogens with zero attached hydrogens (tertiary/aromatic N) is 4. The number of sulfone groups is 1. The predicted molar refractivity (Wildman–Crippen MR) is 136 cm³/mol. The molecule has 0 radical (unpaired) electrons. The Morgan fingerprint density at radius 1 is 1.11 bits per heavy atom. The molecule has 1 aliphatic carbocycles. The van der Waals surface area contributed by atoms with Crippen LogP contribution in [0.2, 0.25) is 0 Å². The molecule has 3 atom stereocenters. The molecule has 0 amide bonds. The molecule has 8 heteroatoms. The van der Waals surface area contributed by atoms with E-state index in [2.05, 4.69) is 65.1 Å². The topological polar surface area (TPSA) is 85.3 Å². The first-order chi connectivity index (χ1) is 16.8. The molecule has 1 aliphatic rings. The molecule has 0 unspecified atom stereocenters. The van der Waals surface area contributed by atoms with Gasteiger partial charge in [-0.2, -0.15) is 0 Å². The molecule has 35 heavy (non-hydrogen) atoms. The number of hydrogen-bond acceptors (Lipinski definition) is 7. The Morgan fingerprint density at radius 2 is 1.94 bits per heavy atom.